The molecule has 0 aliphatic heterocycles. The Balaban J connectivity index is 1.77. The van der Waals surface area contributed by atoms with Gasteiger partial charge in [0, 0.05) is 6.20 Å². The molecule has 0 radical (unpaired) electrons. The van der Waals surface area contributed by atoms with Crippen molar-refractivity contribution in [2.75, 3.05) is 5.43 Å². The molecule has 0 saturated heterocycles. The molecule has 0 aliphatic rings. The standard InChI is InChI=1S/C13H10F3N5O3S/c14-13(15,16)7-1-4-11(17-6-7)20-21-25(23,24)8-2-3-9-10(5-8)19-12(22)18-9/h1-6,21H,(H,17,20)(H2,18,19,22). The fourth-order valence-electron chi connectivity index (χ4n) is 1.99. The highest BCUT2D eigenvalue weighted by molar-refractivity contribution is 7.89. The molecular weight excluding hydrogens is 363 g/mol. The van der Waals surface area contributed by atoms with Crippen LogP contribution in [0, 0.1) is 0 Å². The summed E-state index contributed by atoms with van der Waals surface area (Å²) in [6, 6.07) is 5.64. The highest BCUT2D eigenvalue weighted by Gasteiger charge is 2.30. The van der Waals surface area contributed by atoms with Crippen LogP contribution in [0.4, 0.5) is 19.0 Å². The van der Waals surface area contributed by atoms with Crippen molar-refractivity contribution in [3.63, 3.8) is 0 Å². The SMILES string of the molecule is O=c1[nH]c2ccc(S(=O)(=O)NNc3ccc(C(F)(F)F)cn3)cc2[nH]1. The van der Waals surface area contributed by atoms with E-state index in [2.05, 4.69) is 20.4 Å². The molecule has 1 aromatic carbocycles. The Labute approximate surface area is 138 Å². The number of aromatic amines is 2. The fraction of sp³-hybridized carbons (Fsp3) is 0.0769. The van der Waals surface area contributed by atoms with Crippen molar-refractivity contribution in [3.05, 3.63) is 52.6 Å². The molecule has 0 amide bonds. The van der Waals surface area contributed by atoms with Crippen LogP contribution in [0.1, 0.15) is 5.56 Å². The number of aromatic nitrogens is 3. The number of nitrogens with zero attached hydrogens (tertiary/aromatic N) is 1. The molecule has 0 bridgehead atoms. The summed E-state index contributed by atoms with van der Waals surface area (Å²) in [6.45, 7) is 0. The quantitative estimate of drug-likeness (QED) is 0.518. The van der Waals surface area contributed by atoms with Gasteiger partial charge in [0.2, 0.25) is 0 Å². The van der Waals surface area contributed by atoms with Gasteiger partial charge < -0.3 is 9.97 Å². The van der Waals surface area contributed by atoms with Crippen LogP contribution < -0.4 is 15.9 Å². The summed E-state index contributed by atoms with van der Waals surface area (Å²) in [5, 5.41) is 0. The zero-order valence-electron chi connectivity index (χ0n) is 12.2. The van der Waals surface area contributed by atoms with E-state index in [1.54, 1.807) is 0 Å². The zero-order chi connectivity index (χ0) is 18.2. The molecule has 0 unspecified atom stereocenters. The number of pyridine rings is 1. The molecular formula is C13H10F3N5O3S. The van der Waals surface area contributed by atoms with Crippen LogP contribution in [0.5, 0.6) is 0 Å². The molecule has 4 N–H and O–H groups in total. The summed E-state index contributed by atoms with van der Waals surface area (Å²) in [4.78, 5) is 21.4. The first kappa shape index (κ1) is 17.0. The summed E-state index contributed by atoms with van der Waals surface area (Å²) < 4.78 is 61.7. The Morgan fingerprint density at radius 3 is 2.40 bits per heavy atom. The summed E-state index contributed by atoms with van der Waals surface area (Å²) in [6.07, 6.45) is -3.96. The van der Waals surface area contributed by atoms with Gasteiger partial charge in [0.15, 0.2) is 0 Å². The Hall–Kier alpha value is -2.86. The normalized spacial score (nSPS) is 12.4. The van der Waals surface area contributed by atoms with E-state index in [0.29, 0.717) is 17.2 Å². The lowest BCUT2D eigenvalue weighted by molar-refractivity contribution is -0.137. The maximum atomic E-state index is 12.4. The van der Waals surface area contributed by atoms with Crippen molar-refractivity contribution in [2.45, 2.75) is 11.1 Å². The topological polar surface area (TPSA) is 120 Å². The van der Waals surface area contributed by atoms with Gasteiger partial charge in [0.1, 0.15) is 5.82 Å². The Morgan fingerprint density at radius 2 is 1.76 bits per heavy atom. The van der Waals surface area contributed by atoms with Gasteiger partial charge in [-0.15, -0.1) is 4.83 Å². The highest BCUT2D eigenvalue weighted by Crippen LogP contribution is 2.28. The smallest absolute Gasteiger partial charge is 0.306 e. The number of anilines is 1. The number of hydrogen-bond donors (Lipinski definition) is 4. The zero-order valence-corrected chi connectivity index (χ0v) is 13.0. The molecule has 8 nitrogen and oxygen atoms in total. The van der Waals surface area contributed by atoms with Crippen LogP contribution in [0.2, 0.25) is 0 Å². The average molecular weight is 373 g/mol. The second kappa shape index (κ2) is 5.89. The second-order valence-corrected chi connectivity index (χ2v) is 6.63. The van der Waals surface area contributed by atoms with Crippen molar-refractivity contribution in [3.8, 4) is 0 Å². The predicted molar refractivity (Wildman–Crippen MR) is 82.1 cm³/mol. The van der Waals surface area contributed by atoms with E-state index in [4.69, 9.17) is 0 Å². The number of sulfonamides is 1. The fourth-order valence-corrected chi connectivity index (χ4v) is 2.87. The molecule has 132 valence electrons. The number of halogens is 3. The lowest BCUT2D eigenvalue weighted by Gasteiger charge is -2.10. The van der Waals surface area contributed by atoms with Gasteiger partial charge in [-0.1, -0.05) is 0 Å². The molecule has 3 rings (SSSR count). The van der Waals surface area contributed by atoms with Crippen LogP contribution >= 0.6 is 0 Å². The molecule has 0 fully saturated rings. The number of rotatable bonds is 4. The van der Waals surface area contributed by atoms with E-state index in [-0.39, 0.29) is 10.7 Å². The van der Waals surface area contributed by atoms with Gasteiger partial charge in [-0.25, -0.2) is 18.2 Å². The second-order valence-electron chi connectivity index (χ2n) is 4.95. The number of nitrogens with one attached hydrogen (secondary N) is 4. The van der Waals surface area contributed by atoms with E-state index < -0.39 is 27.5 Å². The van der Waals surface area contributed by atoms with E-state index in [1.807, 2.05) is 4.83 Å². The highest BCUT2D eigenvalue weighted by atomic mass is 32.2. The van der Waals surface area contributed by atoms with Gasteiger partial charge in [-0.3, -0.25) is 5.43 Å². The van der Waals surface area contributed by atoms with E-state index >= 15 is 0 Å². The molecule has 0 spiro atoms. The van der Waals surface area contributed by atoms with Crippen molar-refractivity contribution in [2.24, 2.45) is 0 Å². The minimum Gasteiger partial charge on any atom is -0.306 e. The summed E-state index contributed by atoms with van der Waals surface area (Å²) in [5.74, 6) is -0.118. The monoisotopic (exact) mass is 373 g/mol. The van der Waals surface area contributed by atoms with Crippen molar-refractivity contribution in [1.82, 2.24) is 19.8 Å². The number of imidazole rings is 1. The van der Waals surface area contributed by atoms with Crippen molar-refractivity contribution < 1.29 is 21.6 Å². The van der Waals surface area contributed by atoms with E-state index in [1.165, 1.54) is 18.2 Å². The van der Waals surface area contributed by atoms with Gasteiger partial charge in [-0.05, 0) is 30.3 Å². The van der Waals surface area contributed by atoms with E-state index in [0.717, 1.165) is 12.1 Å². The third-order valence-corrected chi connectivity index (χ3v) is 4.45. The Kier molecular flexibility index (Phi) is 4.00. The van der Waals surface area contributed by atoms with Crippen LogP contribution in [-0.2, 0) is 16.2 Å². The van der Waals surface area contributed by atoms with E-state index in [9.17, 15) is 26.4 Å². The summed E-state index contributed by atoms with van der Waals surface area (Å²) in [7, 11) is -4.04. The lowest BCUT2D eigenvalue weighted by Crippen LogP contribution is -2.30. The minimum absolute atomic E-state index is 0.118. The number of fused-ring (bicyclic) bond motifs is 1. The minimum atomic E-state index is -4.53. The first-order valence-electron chi connectivity index (χ1n) is 6.68. The summed E-state index contributed by atoms with van der Waals surface area (Å²) in [5.41, 5.74) is 1.51. The maximum Gasteiger partial charge on any atom is 0.417 e. The van der Waals surface area contributed by atoms with Crippen molar-refractivity contribution in [1.29, 1.82) is 0 Å². The molecule has 2 heterocycles. The van der Waals surface area contributed by atoms with Crippen LogP contribution in [0.25, 0.3) is 11.0 Å². The van der Waals surface area contributed by atoms with Gasteiger partial charge >= 0.3 is 11.9 Å². The Morgan fingerprint density at radius 1 is 1.04 bits per heavy atom. The summed E-state index contributed by atoms with van der Waals surface area (Å²) >= 11 is 0. The number of hydrogen-bond acceptors (Lipinski definition) is 5. The molecule has 25 heavy (non-hydrogen) atoms. The van der Waals surface area contributed by atoms with Crippen LogP contribution in [-0.4, -0.2) is 23.4 Å². The number of hydrazine groups is 1. The Bertz CT molecular complexity index is 1070. The first-order chi connectivity index (χ1) is 11.6. The van der Waals surface area contributed by atoms with Crippen LogP contribution in [0.15, 0.2) is 46.2 Å². The molecule has 2 aromatic heterocycles. The van der Waals surface area contributed by atoms with Gasteiger partial charge in [-0.2, -0.15) is 13.2 Å². The number of benzene rings is 1. The molecule has 0 aliphatic carbocycles. The third-order valence-electron chi connectivity index (χ3n) is 3.20. The van der Waals surface area contributed by atoms with Crippen LogP contribution in [0.3, 0.4) is 0 Å². The first-order valence-corrected chi connectivity index (χ1v) is 8.17. The largest absolute Gasteiger partial charge is 0.417 e. The van der Waals surface area contributed by atoms with Crippen molar-refractivity contribution >= 4 is 26.9 Å². The average Bonchev–Trinajstić information content (AvgIpc) is 2.91. The third kappa shape index (κ3) is 3.64. The maximum absolute atomic E-state index is 12.4. The lowest BCUT2D eigenvalue weighted by atomic mass is 10.3. The predicted octanol–water partition coefficient (Wildman–Crippen LogP) is 1.58. The van der Waals surface area contributed by atoms with Gasteiger partial charge in [0.25, 0.3) is 10.0 Å². The number of H-pyrrole nitrogens is 2. The molecule has 3 aromatic rings. The molecule has 12 heteroatoms. The number of alkyl halides is 3. The molecule has 0 saturated carbocycles. The van der Waals surface area contributed by atoms with Gasteiger partial charge in [0.05, 0.1) is 21.5 Å². The molecule has 0 atom stereocenters.